The van der Waals surface area contributed by atoms with Gasteiger partial charge in [-0.1, -0.05) is 0 Å². The van der Waals surface area contributed by atoms with Gasteiger partial charge in [0.2, 0.25) is 5.76 Å². The van der Waals surface area contributed by atoms with Crippen molar-refractivity contribution in [2.75, 3.05) is 7.11 Å². The lowest BCUT2D eigenvalue weighted by Crippen LogP contribution is -2.27. The number of furan rings is 1. The molecule has 0 aliphatic carbocycles. The minimum Gasteiger partial charge on any atom is -0.463 e. The number of amides is 2. The molecule has 0 unspecified atom stereocenters. The van der Waals surface area contributed by atoms with E-state index in [4.69, 9.17) is 4.42 Å². The maximum atomic E-state index is 12.9. The average Bonchev–Trinajstić information content (AvgIpc) is 3.41. The number of pyridine rings is 1. The molecule has 8 nitrogen and oxygen atoms in total. The Morgan fingerprint density at radius 2 is 1.97 bits per heavy atom. The first-order chi connectivity index (χ1) is 15.3. The molecule has 4 rings (SSSR count). The van der Waals surface area contributed by atoms with Crippen molar-refractivity contribution in [3.8, 4) is 5.82 Å². The van der Waals surface area contributed by atoms with Crippen molar-refractivity contribution >= 4 is 35.0 Å². The van der Waals surface area contributed by atoms with E-state index in [-0.39, 0.29) is 12.3 Å². The highest BCUT2D eigenvalue weighted by atomic mass is 32.2. The fraction of sp³-hybridized carbons (Fsp3) is 0.217. The third kappa shape index (κ3) is 3.99. The van der Waals surface area contributed by atoms with Crippen molar-refractivity contribution in [3.05, 3.63) is 75.5 Å². The van der Waals surface area contributed by atoms with Gasteiger partial charge in [0.1, 0.15) is 11.6 Å². The molecule has 9 heteroatoms. The Hall–Kier alpha value is -3.59. The maximum absolute atomic E-state index is 12.9. The molecule has 0 radical (unpaired) electrons. The molecular formula is C23H21N3O5S. The Morgan fingerprint density at radius 3 is 2.69 bits per heavy atom. The number of imide groups is 1. The quantitative estimate of drug-likeness (QED) is 0.419. The molecule has 0 bridgehead atoms. The highest BCUT2D eigenvalue weighted by Crippen LogP contribution is 2.34. The third-order valence-corrected chi connectivity index (χ3v) is 6.03. The lowest BCUT2D eigenvalue weighted by molar-refractivity contribution is -0.123. The van der Waals surface area contributed by atoms with Gasteiger partial charge in [0.25, 0.3) is 11.1 Å². The normalized spacial score (nSPS) is 15.1. The second-order valence-electron chi connectivity index (χ2n) is 7.38. The Labute approximate surface area is 188 Å². The molecule has 4 heterocycles. The zero-order valence-corrected chi connectivity index (χ0v) is 18.9. The maximum Gasteiger partial charge on any atom is 0.373 e. The first-order valence-corrected chi connectivity index (χ1v) is 10.6. The molecule has 3 aromatic rings. The summed E-state index contributed by atoms with van der Waals surface area (Å²) >= 11 is 0.876. The molecule has 164 valence electrons. The van der Waals surface area contributed by atoms with Crippen LogP contribution in [0.5, 0.6) is 0 Å². The van der Waals surface area contributed by atoms with Gasteiger partial charge in [0, 0.05) is 17.6 Å². The number of carbonyl (C=O) groups excluding carboxylic acids is 3. The first-order valence-electron chi connectivity index (χ1n) is 9.83. The van der Waals surface area contributed by atoms with Crippen molar-refractivity contribution in [1.29, 1.82) is 0 Å². The summed E-state index contributed by atoms with van der Waals surface area (Å²) in [6, 6.07) is 8.87. The topological polar surface area (TPSA) is 94.6 Å². The van der Waals surface area contributed by atoms with Gasteiger partial charge in [-0.15, -0.1) is 0 Å². The predicted octanol–water partition coefficient (Wildman–Crippen LogP) is 4.41. The molecule has 1 aliphatic heterocycles. The number of hydrogen-bond donors (Lipinski definition) is 0. The molecule has 1 fully saturated rings. The molecule has 0 N–H and O–H groups in total. The van der Waals surface area contributed by atoms with Crippen molar-refractivity contribution in [2.45, 2.75) is 27.3 Å². The highest BCUT2D eigenvalue weighted by molar-refractivity contribution is 8.18. The van der Waals surface area contributed by atoms with Crippen molar-refractivity contribution in [1.82, 2.24) is 14.5 Å². The van der Waals surface area contributed by atoms with E-state index < -0.39 is 17.1 Å². The molecule has 3 aromatic heterocycles. The smallest absolute Gasteiger partial charge is 0.373 e. The Balaban J connectivity index is 1.59. The van der Waals surface area contributed by atoms with Crippen LogP contribution in [0, 0.1) is 20.8 Å². The predicted molar refractivity (Wildman–Crippen MR) is 119 cm³/mol. The Morgan fingerprint density at radius 1 is 1.19 bits per heavy atom. The molecule has 0 spiro atoms. The van der Waals surface area contributed by atoms with Gasteiger partial charge in [-0.2, -0.15) is 0 Å². The van der Waals surface area contributed by atoms with Crippen LogP contribution in [0.4, 0.5) is 4.79 Å². The van der Waals surface area contributed by atoms with Crippen LogP contribution in [0.1, 0.15) is 38.8 Å². The van der Waals surface area contributed by atoms with Crippen LogP contribution in [0.2, 0.25) is 0 Å². The summed E-state index contributed by atoms with van der Waals surface area (Å²) < 4.78 is 12.0. The van der Waals surface area contributed by atoms with Crippen molar-refractivity contribution in [2.24, 2.45) is 0 Å². The van der Waals surface area contributed by atoms with E-state index in [1.807, 2.05) is 43.5 Å². The Bertz CT molecular complexity index is 1270. The van der Waals surface area contributed by atoms with Crippen molar-refractivity contribution < 1.29 is 23.5 Å². The number of methoxy groups -OCH3 is 1. The van der Waals surface area contributed by atoms with Crippen LogP contribution in [-0.4, -0.2) is 38.7 Å². The number of hydrogen-bond acceptors (Lipinski definition) is 7. The summed E-state index contributed by atoms with van der Waals surface area (Å²) in [5.41, 5.74) is 3.82. The molecule has 0 atom stereocenters. The third-order valence-electron chi connectivity index (χ3n) is 5.12. The van der Waals surface area contributed by atoms with Gasteiger partial charge in [-0.05, 0) is 80.1 Å². The number of esters is 1. The molecule has 2 amide bonds. The van der Waals surface area contributed by atoms with E-state index in [1.165, 1.54) is 13.2 Å². The van der Waals surface area contributed by atoms with Gasteiger partial charge in [0.05, 0.1) is 18.6 Å². The van der Waals surface area contributed by atoms with E-state index in [2.05, 4.69) is 9.72 Å². The van der Waals surface area contributed by atoms with Crippen LogP contribution >= 0.6 is 11.8 Å². The minimum atomic E-state index is -0.622. The summed E-state index contributed by atoms with van der Waals surface area (Å²) in [5.74, 6) is 0.102. The van der Waals surface area contributed by atoms with Crippen LogP contribution < -0.4 is 0 Å². The summed E-state index contributed by atoms with van der Waals surface area (Å²) in [5, 5.41) is -0.397. The van der Waals surface area contributed by atoms with E-state index >= 15 is 0 Å². The number of rotatable bonds is 5. The summed E-state index contributed by atoms with van der Waals surface area (Å²) in [4.78, 5) is 42.8. The van der Waals surface area contributed by atoms with Crippen LogP contribution in [-0.2, 0) is 16.1 Å². The number of carbonyl (C=O) groups is 3. The summed E-state index contributed by atoms with van der Waals surface area (Å²) in [6.07, 6.45) is 3.48. The standard InChI is InChI=1S/C23H21N3O5S/c1-13-7-8-24-20(9-13)26-14(2)10-16(15(26)3)11-19-21(27)25(23(29)32-19)12-17-5-6-18(31-17)22(28)30-4/h5-11H,12H2,1-4H3. The van der Waals surface area contributed by atoms with E-state index in [9.17, 15) is 14.4 Å². The zero-order chi connectivity index (χ0) is 23.0. The Kier molecular flexibility index (Phi) is 5.75. The van der Waals surface area contributed by atoms with Crippen LogP contribution in [0.15, 0.2) is 45.9 Å². The highest BCUT2D eigenvalue weighted by Gasteiger charge is 2.36. The monoisotopic (exact) mass is 451 g/mol. The van der Waals surface area contributed by atoms with Gasteiger partial charge in [-0.3, -0.25) is 14.5 Å². The zero-order valence-electron chi connectivity index (χ0n) is 18.0. The molecule has 1 saturated heterocycles. The summed E-state index contributed by atoms with van der Waals surface area (Å²) in [7, 11) is 1.25. The lowest BCUT2D eigenvalue weighted by Gasteiger charge is -2.10. The fourth-order valence-corrected chi connectivity index (χ4v) is 4.36. The average molecular weight is 452 g/mol. The van der Waals surface area contributed by atoms with Crippen LogP contribution in [0.3, 0.4) is 0 Å². The first kappa shape index (κ1) is 21.6. The number of nitrogens with zero attached hydrogens (tertiary/aromatic N) is 3. The number of aromatic nitrogens is 2. The molecule has 32 heavy (non-hydrogen) atoms. The van der Waals surface area contributed by atoms with E-state index in [1.54, 1.807) is 18.3 Å². The van der Waals surface area contributed by atoms with Crippen molar-refractivity contribution in [3.63, 3.8) is 0 Å². The largest absolute Gasteiger partial charge is 0.463 e. The lowest BCUT2D eigenvalue weighted by atomic mass is 10.2. The molecule has 0 aromatic carbocycles. The fourth-order valence-electron chi connectivity index (χ4n) is 3.54. The molecule has 0 saturated carbocycles. The SMILES string of the molecule is COC(=O)c1ccc(CN2C(=O)SC(=Cc3cc(C)n(-c4cc(C)ccn4)c3C)C2=O)o1. The number of ether oxygens (including phenoxy) is 1. The molecular weight excluding hydrogens is 430 g/mol. The van der Waals surface area contributed by atoms with E-state index in [0.717, 1.165) is 45.0 Å². The molecule has 1 aliphatic rings. The van der Waals surface area contributed by atoms with Gasteiger partial charge >= 0.3 is 5.97 Å². The number of thioether (sulfide) groups is 1. The second-order valence-corrected chi connectivity index (χ2v) is 8.37. The second kappa shape index (κ2) is 8.51. The van der Waals surface area contributed by atoms with Gasteiger partial charge in [0.15, 0.2) is 0 Å². The van der Waals surface area contributed by atoms with E-state index in [0.29, 0.717) is 10.7 Å². The van der Waals surface area contributed by atoms with Crippen LogP contribution in [0.25, 0.3) is 11.9 Å². The van der Waals surface area contributed by atoms with Gasteiger partial charge in [-0.25, -0.2) is 9.78 Å². The van der Waals surface area contributed by atoms with Gasteiger partial charge < -0.3 is 13.7 Å². The number of aryl methyl sites for hydroxylation is 2. The summed E-state index contributed by atoms with van der Waals surface area (Å²) in [6.45, 7) is 5.86. The minimum absolute atomic E-state index is 0.0159.